The second-order valence-electron chi connectivity index (χ2n) is 3.63. The average Bonchev–Trinajstić information content (AvgIpc) is 2.28. The monoisotopic (exact) mass is 205 g/mol. The van der Waals surface area contributed by atoms with Crippen molar-refractivity contribution >= 4 is 5.69 Å². The Labute approximate surface area is 92.0 Å². The molecule has 0 aliphatic carbocycles. The van der Waals surface area contributed by atoms with E-state index in [2.05, 4.69) is 32.2 Å². The molecule has 1 N–H and O–H groups in total. The van der Waals surface area contributed by atoms with Gasteiger partial charge in [0.2, 0.25) is 0 Å². The molecule has 0 radical (unpaired) electrons. The Bertz CT molecular complexity index is 344. The molecule has 0 amide bonds. The van der Waals surface area contributed by atoms with Gasteiger partial charge in [0.1, 0.15) is 5.75 Å². The number of ether oxygens (including phenoxy) is 1. The lowest BCUT2D eigenvalue weighted by Gasteiger charge is -2.16. The minimum atomic E-state index is 0.349. The van der Waals surface area contributed by atoms with E-state index in [-0.39, 0.29) is 0 Å². The summed E-state index contributed by atoms with van der Waals surface area (Å²) < 4.78 is 5.17. The molecule has 1 atom stereocenters. The van der Waals surface area contributed by atoms with E-state index in [1.807, 2.05) is 24.3 Å². The summed E-state index contributed by atoms with van der Waals surface area (Å²) in [6, 6.07) is 8.32. The summed E-state index contributed by atoms with van der Waals surface area (Å²) in [5, 5.41) is 3.42. The van der Waals surface area contributed by atoms with Gasteiger partial charge in [-0.2, -0.15) is 0 Å². The van der Waals surface area contributed by atoms with Crippen molar-refractivity contribution in [1.29, 1.82) is 0 Å². The van der Waals surface area contributed by atoms with Gasteiger partial charge in [-0.3, -0.25) is 0 Å². The van der Waals surface area contributed by atoms with E-state index >= 15 is 0 Å². The Kier molecular flexibility index (Phi) is 4.22. The second-order valence-corrected chi connectivity index (χ2v) is 3.63. The molecule has 2 heteroatoms. The van der Waals surface area contributed by atoms with Crippen LogP contribution < -0.4 is 10.1 Å². The fourth-order valence-electron chi connectivity index (χ4n) is 1.33. The quantitative estimate of drug-likeness (QED) is 0.760. The fourth-order valence-corrected chi connectivity index (χ4v) is 1.33. The van der Waals surface area contributed by atoms with Gasteiger partial charge in [0, 0.05) is 17.8 Å². The lowest BCUT2D eigenvalue weighted by atomic mass is 10.1. The van der Waals surface area contributed by atoms with Crippen LogP contribution in [0, 0.1) is 0 Å². The van der Waals surface area contributed by atoms with Crippen molar-refractivity contribution < 1.29 is 4.74 Å². The van der Waals surface area contributed by atoms with Crippen LogP contribution in [-0.2, 0) is 0 Å². The summed E-state index contributed by atoms with van der Waals surface area (Å²) in [6.07, 6.45) is 2.12. The minimum absolute atomic E-state index is 0.349. The van der Waals surface area contributed by atoms with E-state index in [0.29, 0.717) is 6.04 Å². The Morgan fingerprint density at radius 1 is 1.47 bits per heavy atom. The number of hydrogen-bond donors (Lipinski definition) is 1. The molecule has 0 aromatic heterocycles. The molecular weight excluding hydrogens is 186 g/mol. The van der Waals surface area contributed by atoms with Crippen LogP contribution in [0.4, 0.5) is 5.69 Å². The van der Waals surface area contributed by atoms with E-state index in [1.54, 1.807) is 7.11 Å². The highest BCUT2D eigenvalue weighted by atomic mass is 16.5. The summed E-state index contributed by atoms with van der Waals surface area (Å²) in [7, 11) is 1.68. The highest BCUT2D eigenvalue weighted by molar-refractivity contribution is 5.49. The van der Waals surface area contributed by atoms with E-state index < -0.39 is 0 Å². The molecule has 15 heavy (non-hydrogen) atoms. The van der Waals surface area contributed by atoms with Crippen molar-refractivity contribution in [2.24, 2.45) is 0 Å². The smallest absolute Gasteiger partial charge is 0.120 e. The zero-order chi connectivity index (χ0) is 11.3. The van der Waals surface area contributed by atoms with Gasteiger partial charge in [0.05, 0.1) is 7.11 Å². The molecule has 0 fully saturated rings. The summed E-state index contributed by atoms with van der Waals surface area (Å²) in [5.41, 5.74) is 2.42. The normalized spacial score (nSPS) is 13.5. The third kappa shape index (κ3) is 3.31. The van der Waals surface area contributed by atoms with Crippen molar-refractivity contribution in [3.63, 3.8) is 0 Å². The summed E-state index contributed by atoms with van der Waals surface area (Å²) in [5.74, 6) is 0.880. The molecule has 0 aliphatic rings. The van der Waals surface area contributed by atoms with Crippen LogP contribution in [0.3, 0.4) is 0 Å². The third-order valence-corrected chi connectivity index (χ3v) is 2.59. The molecule has 1 rings (SSSR count). The maximum atomic E-state index is 5.17. The van der Waals surface area contributed by atoms with Gasteiger partial charge >= 0.3 is 0 Å². The molecule has 1 unspecified atom stereocenters. The molecule has 0 heterocycles. The fraction of sp³-hybridized carbons (Fsp3) is 0.385. The molecule has 2 nitrogen and oxygen atoms in total. The van der Waals surface area contributed by atoms with Gasteiger partial charge in [0.15, 0.2) is 0 Å². The number of methoxy groups -OCH3 is 1. The van der Waals surface area contributed by atoms with E-state index in [0.717, 1.165) is 11.4 Å². The first-order chi connectivity index (χ1) is 7.17. The van der Waals surface area contributed by atoms with Crippen LogP contribution in [0.15, 0.2) is 35.9 Å². The standard InChI is InChI=1S/C13H19NO/c1-5-10(2)11(3)14-12-7-6-8-13(9-12)15-4/h5-9,11,14H,1-4H3/b10-5+. The first kappa shape index (κ1) is 11.6. The largest absolute Gasteiger partial charge is 0.497 e. The molecule has 0 saturated carbocycles. The molecule has 1 aromatic rings. The number of benzene rings is 1. The maximum Gasteiger partial charge on any atom is 0.120 e. The molecule has 0 spiro atoms. The molecule has 0 saturated heterocycles. The zero-order valence-corrected chi connectivity index (χ0v) is 9.87. The van der Waals surface area contributed by atoms with Crippen LogP contribution in [-0.4, -0.2) is 13.2 Å². The SMILES string of the molecule is C/C=C(\C)C(C)Nc1cccc(OC)c1. The summed E-state index contributed by atoms with van der Waals surface area (Å²) >= 11 is 0. The first-order valence-electron chi connectivity index (χ1n) is 5.20. The van der Waals surface area contributed by atoms with Gasteiger partial charge in [-0.05, 0) is 32.9 Å². The zero-order valence-electron chi connectivity index (χ0n) is 9.87. The second kappa shape index (κ2) is 5.44. The van der Waals surface area contributed by atoms with E-state index in [1.165, 1.54) is 5.57 Å². The Morgan fingerprint density at radius 2 is 2.20 bits per heavy atom. The van der Waals surface area contributed by atoms with Crippen molar-refractivity contribution in [1.82, 2.24) is 0 Å². The van der Waals surface area contributed by atoms with Crippen LogP contribution in [0.1, 0.15) is 20.8 Å². The highest BCUT2D eigenvalue weighted by Crippen LogP contribution is 2.18. The number of nitrogens with one attached hydrogen (secondary N) is 1. The predicted octanol–water partition coefficient (Wildman–Crippen LogP) is 3.46. The molecule has 0 bridgehead atoms. The lowest BCUT2D eigenvalue weighted by Crippen LogP contribution is -2.16. The lowest BCUT2D eigenvalue weighted by molar-refractivity contribution is 0.415. The number of allylic oxidation sites excluding steroid dienone is 1. The van der Waals surface area contributed by atoms with Gasteiger partial charge in [-0.1, -0.05) is 17.7 Å². The average molecular weight is 205 g/mol. The van der Waals surface area contributed by atoms with E-state index in [9.17, 15) is 0 Å². The van der Waals surface area contributed by atoms with Crippen molar-refractivity contribution in [2.75, 3.05) is 12.4 Å². The van der Waals surface area contributed by atoms with Gasteiger partial charge in [-0.25, -0.2) is 0 Å². The highest BCUT2D eigenvalue weighted by Gasteiger charge is 2.03. The van der Waals surface area contributed by atoms with E-state index in [4.69, 9.17) is 4.74 Å². The van der Waals surface area contributed by atoms with Crippen molar-refractivity contribution in [2.45, 2.75) is 26.8 Å². The Hall–Kier alpha value is -1.44. The Balaban J connectivity index is 2.72. The molecule has 1 aromatic carbocycles. The van der Waals surface area contributed by atoms with Gasteiger partial charge < -0.3 is 10.1 Å². The van der Waals surface area contributed by atoms with Crippen LogP contribution >= 0.6 is 0 Å². The maximum absolute atomic E-state index is 5.17. The molecule has 0 aliphatic heterocycles. The van der Waals surface area contributed by atoms with Crippen molar-refractivity contribution in [3.8, 4) is 5.75 Å². The minimum Gasteiger partial charge on any atom is -0.497 e. The summed E-state index contributed by atoms with van der Waals surface area (Å²) in [6.45, 7) is 6.33. The van der Waals surface area contributed by atoms with Gasteiger partial charge in [0.25, 0.3) is 0 Å². The first-order valence-corrected chi connectivity index (χ1v) is 5.20. The van der Waals surface area contributed by atoms with Crippen LogP contribution in [0.25, 0.3) is 0 Å². The van der Waals surface area contributed by atoms with Crippen LogP contribution in [0.2, 0.25) is 0 Å². The van der Waals surface area contributed by atoms with Crippen molar-refractivity contribution in [3.05, 3.63) is 35.9 Å². The van der Waals surface area contributed by atoms with Gasteiger partial charge in [-0.15, -0.1) is 0 Å². The number of anilines is 1. The number of hydrogen-bond acceptors (Lipinski definition) is 2. The molecular formula is C13H19NO. The summed E-state index contributed by atoms with van der Waals surface area (Å²) in [4.78, 5) is 0. The third-order valence-electron chi connectivity index (χ3n) is 2.59. The molecule has 82 valence electrons. The topological polar surface area (TPSA) is 21.3 Å². The predicted molar refractivity (Wildman–Crippen MR) is 65.5 cm³/mol. The van der Waals surface area contributed by atoms with Crippen LogP contribution in [0.5, 0.6) is 5.75 Å². The Morgan fingerprint density at radius 3 is 2.80 bits per heavy atom. The number of rotatable bonds is 4.